The number of rotatable bonds is 5. The van der Waals surface area contributed by atoms with Gasteiger partial charge in [-0.2, -0.15) is 0 Å². The number of benzene rings is 2. The summed E-state index contributed by atoms with van der Waals surface area (Å²) in [6, 6.07) is 7.72. The monoisotopic (exact) mass is 455 g/mol. The number of allylic oxidation sites excluding steroid dienone is 2. The number of hydrogen-bond donors (Lipinski definition) is 1. The molecule has 0 fully saturated rings. The zero-order valence-corrected chi connectivity index (χ0v) is 20.8. The zero-order chi connectivity index (χ0) is 23.2. The molecule has 0 radical (unpaired) electrons. The van der Waals surface area contributed by atoms with Crippen LogP contribution in [0.5, 0.6) is 23.0 Å². The topological polar surface area (TPSA) is 51.2 Å². The van der Waals surface area contributed by atoms with Gasteiger partial charge in [0.1, 0.15) is 22.8 Å². The Kier molecular flexibility index (Phi) is 6.12. The van der Waals surface area contributed by atoms with E-state index in [9.17, 15) is 5.11 Å². The maximum absolute atomic E-state index is 10.9. The van der Waals surface area contributed by atoms with Crippen LogP contribution in [0.3, 0.4) is 0 Å². The lowest BCUT2D eigenvalue weighted by atomic mass is 9.68. The molecule has 5 nitrogen and oxygen atoms in total. The van der Waals surface area contributed by atoms with Gasteiger partial charge in [-0.1, -0.05) is 33.8 Å². The number of phenols is 1. The first-order chi connectivity index (χ1) is 15.0. The Hall–Kier alpha value is -2.31. The molecule has 1 N–H and O–H groups in total. The molecule has 2 unspecified atom stereocenters. The molecule has 2 aromatic carbocycles. The van der Waals surface area contributed by atoms with Crippen molar-refractivity contribution in [1.82, 2.24) is 4.47 Å². The summed E-state index contributed by atoms with van der Waals surface area (Å²) < 4.78 is 13.8. The summed E-state index contributed by atoms with van der Waals surface area (Å²) in [5.41, 5.74) is 5.28. The van der Waals surface area contributed by atoms with Crippen LogP contribution in [0.1, 0.15) is 61.8 Å². The number of nitrogens with zero attached hydrogens (tertiary/aromatic N) is 1. The van der Waals surface area contributed by atoms with Gasteiger partial charge in [-0.15, -0.1) is 0 Å². The average molecular weight is 456 g/mol. The summed E-state index contributed by atoms with van der Waals surface area (Å²) in [6.07, 6.45) is 4.43. The molecule has 2 aromatic rings. The standard InChI is InChI=1S/C26H33NO4S/c1-15-8-9-21-20(12-15)24-22(28)13-19(14-23(24)29-26(21,5)6)30-27(7)32-31-25-17(3)10-16(2)11-18(25)4/h10-14,20-21,28H,8-9H2,1-7H3. The molecular weight excluding hydrogens is 422 g/mol. The van der Waals surface area contributed by atoms with Crippen molar-refractivity contribution >= 4 is 12.2 Å². The van der Waals surface area contributed by atoms with Gasteiger partial charge in [0.2, 0.25) is 0 Å². The van der Waals surface area contributed by atoms with Crippen LogP contribution in [0, 0.1) is 26.7 Å². The molecule has 0 spiro atoms. The van der Waals surface area contributed by atoms with E-state index in [2.05, 4.69) is 45.9 Å². The number of ether oxygens (including phenoxy) is 1. The Morgan fingerprint density at radius 1 is 1.09 bits per heavy atom. The quantitative estimate of drug-likeness (QED) is 0.232. The number of hydrogen-bond acceptors (Lipinski definition) is 6. The first-order valence-corrected chi connectivity index (χ1v) is 11.8. The van der Waals surface area contributed by atoms with Crippen molar-refractivity contribution in [3.05, 3.63) is 58.2 Å². The van der Waals surface area contributed by atoms with Crippen molar-refractivity contribution in [2.24, 2.45) is 5.92 Å². The number of fused-ring (bicyclic) bond motifs is 3. The van der Waals surface area contributed by atoms with E-state index in [0.717, 1.165) is 47.5 Å². The van der Waals surface area contributed by atoms with Crippen LogP contribution in [0.4, 0.5) is 0 Å². The molecule has 172 valence electrons. The largest absolute Gasteiger partial charge is 0.507 e. The Morgan fingerprint density at radius 3 is 2.47 bits per heavy atom. The second kappa shape index (κ2) is 8.56. The Balaban J connectivity index is 1.53. The molecule has 0 saturated carbocycles. The molecule has 0 bridgehead atoms. The summed E-state index contributed by atoms with van der Waals surface area (Å²) in [6.45, 7) is 12.6. The molecule has 4 rings (SSSR count). The SMILES string of the molecule is CC1=CC2c3c(O)cc(ON(C)SOc4c(C)cc(C)cc4C)cc3OC(C)(C)C2CC1. The molecule has 1 aliphatic heterocycles. The number of aromatic hydroxyl groups is 1. The van der Waals surface area contributed by atoms with E-state index in [-0.39, 0.29) is 17.3 Å². The van der Waals surface area contributed by atoms with Crippen molar-refractivity contribution in [3.63, 3.8) is 0 Å². The predicted octanol–water partition coefficient (Wildman–Crippen LogP) is 6.80. The van der Waals surface area contributed by atoms with Gasteiger partial charge in [0.15, 0.2) is 18.0 Å². The molecule has 0 saturated heterocycles. The first-order valence-electron chi connectivity index (χ1n) is 11.1. The highest BCUT2D eigenvalue weighted by Crippen LogP contribution is 2.54. The third-order valence-corrected chi connectivity index (χ3v) is 7.03. The van der Waals surface area contributed by atoms with E-state index in [1.165, 1.54) is 15.6 Å². The first kappa shape index (κ1) is 22.9. The lowest BCUT2D eigenvalue weighted by Gasteiger charge is -2.46. The van der Waals surface area contributed by atoms with Crippen molar-refractivity contribution in [2.75, 3.05) is 7.05 Å². The van der Waals surface area contributed by atoms with Crippen LogP contribution in [-0.4, -0.2) is 22.2 Å². The lowest BCUT2D eigenvalue weighted by Crippen LogP contribution is -2.45. The maximum Gasteiger partial charge on any atom is 0.184 e. The van der Waals surface area contributed by atoms with Gasteiger partial charge in [-0.25, -0.2) is 0 Å². The Labute approximate surface area is 195 Å². The van der Waals surface area contributed by atoms with E-state index in [4.69, 9.17) is 13.8 Å². The van der Waals surface area contributed by atoms with Crippen molar-refractivity contribution < 1.29 is 18.9 Å². The minimum Gasteiger partial charge on any atom is -0.507 e. The maximum atomic E-state index is 10.9. The van der Waals surface area contributed by atoms with E-state index in [0.29, 0.717) is 17.4 Å². The second-order valence-corrected chi connectivity index (χ2v) is 10.5. The summed E-state index contributed by atoms with van der Waals surface area (Å²) in [5.74, 6) is 2.71. The number of phenolic OH excluding ortho intramolecular Hbond substituents is 1. The summed E-state index contributed by atoms with van der Waals surface area (Å²) in [7, 11) is 1.77. The van der Waals surface area contributed by atoms with Crippen LogP contribution >= 0.6 is 12.2 Å². The minimum atomic E-state index is -0.315. The van der Waals surface area contributed by atoms with Crippen LogP contribution in [-0.2, 0) is 0 Å². The third-order valence-electron chi connectivity index (χ3n) is 6.50. The molecule has 1 aliphatic carbocycles. The fraction of sp³-hybridized carbons (Fsp3) is 0.462. The van der Waals surface area contributed by atoms with E-state index < -0.39 is 0 Å². The molecule has 0 aromatic heterocycles. The van der Waals surface area contributed by atoms with Crippen LogP contribution < -0.4 is 13.8 Å². The second-order valence-electron chi connectivity index (χ2n) is 9.66. The molecule has 1 heterocycles. The highest BCUT2D eigenvalue weighted by atomic mass is 32.2. The zero-order valence-electron chi connectivity index (χ0n) is 20.0. The molecule has 0 amide bonds. The van der Waals surface area contributed by atoms with Crippen LogP contribution in [0.2, 0.25) is 0 Å². The van der Waals surface area contributed by atoms with Crippen molar-refractivity contribution in [2.45, 2.75) is 65.9 Å². The van der Waals surface area contributed by atoms with Gasteiger partial charge >= 0.3 is 0 Å². The molecule has 2 atom stereocenters. The van der Waals surface area contributed by atoms with Gasteiger partial charge < -0.3 is 18.9 Å². The fourth-order valence-electron chi connectivity index (χ4n) is 5.10. The van der Waals surface area contributed by atoms with Gasteiger partial charge in [0, 0.05) is 36.6 Å². The minimum absolute atomic E-state index is 0.152. The number of hydroxylamine groups is 1. The highest BCUT2D eigenvalue weighted by Gasteiger charge is 2.45. The number of aryl methyl sites for hydroxylation is 3. The Bertz CT molecular complexity index is 1040. The van der Waals surface area contributed by atoms with Gasteiger partial charge in [-0.3, -0.25) is 0 Å². The highest BCUT2D eigenvalue weighted by molar-refractivity contribution is 7.92. The average Bonchev–Trinajstić information content (AvgIpc) is 2.65. The predicted molar refractivity (Wildman–Crippen MR) is 129 cm³/mol. The van der Waals surface area contributed by atoms with Crippen LogP contribution in [0.25, 0.3) is 0 Å². The van der Waals surface area contributed by atoms with E-state index in [1.807, 2.05) is 19.9 Å². The normalized spacial score (nSPS) is 21.3. The van der Waals surface area contributed by atoms with Crippen molar-refractivity contribution in [1.29, 1.82) is 0 Å². The third kappa shape index (κ3) is 4.44. The molecular formula is C26H33NO4S. The van der Waals surface area contributed by atoms with E-state index >= 15 is 0 Å². The van der Waals surface area contributed by atoms with Gasteiger partial charge in [0.05, 0.1) is 0 Å². The smallest absolute Gasteiger partial charge is 0.184 e. The summed E-state index contributed by atoms with van der Waals surface area (Å²) >= 11 is 1.10. The molecule has 6 heteroatoms. The summed E-state index contributed by atoms with van der Waals surface area (Å²) in [4.78, 5) is 5.93. The lowest BCUT2D eigenvalue weighted by molar-refractivity contribution is 0.00944. The molecule has 32 heavy (non-hydrogen) atoms. The van der Waals surface area contributed by atoms with Gasteiger partial charge in [0.25, 0.3) is 0 Å². The van der Waals surface area contributed by atoms with Crippen molar-refractivity contribution in [3.8, 4) is 23.0 Å². The van der Waals surface area contributed by atoms with E-state index in [1.54, 1.807) is 13.1 Å². The van der Waals surface area contributed by atoms with Crippen LogP contribution in [0.15, 0.2) is 35.9 Å². The van der Waals surface area contributed by atoms with Gasteiger partial charge in [-0.05, 0) is 65.5 Å². The fourth-order valence-corrected chi connectivity index (χ4v) is 5.66. The summed E-state index contributed by atoms with van der Waals surface area (Å²) in [5, 5.41) is 10.9. The molecule has 2 aliphatic rings. The Morgan fingerprint density at radius 2 is 1.78 bits per heavy atom.